The van der Waals surface area contributed by atoms with E-state index in [-0.39, 0.29) is 17.7 Å². The van der Waals surface area contributed by atoms with Crippen LogP contribution in [0.4, 0.5) is 0 Å². The van der Waals surface area contributed by atoms with Gasteiger partial charge in [-0.15, -0.1) is 10.2 Å². The maximum atomic E-state index is 13.1. The topological polar surface area (TPSA) is 89.7 Å². The highest BCUT2D eigenvalue weighted by molar-refractivity contribution is 7.99. The van der Waals surface area contributed by atoms with Crippen LogP contribution in [0.25, 0.3) is 11.4 Å². The van der Waals surface area contributed by atoms with Crippen molar-refractivity contribution in [3.05, 3.63) is 78.1 Å². The van der Waals surface area contributed by atoms with E-state index in [0.29, 0.717) is 23.1 Å². The summed E-state index contributed by atoms with van der Waals surface area (Å²) >= 11 is 1.33. The summed E-state index contributed by atoms with van der Waals surface area (Å²) in [7, 11) is 1.90. The molecule has 0 aliphatic carbocycles. The van der Waals surface area contributed by atoms with Crippen LogP contribution in [0.1, 0.15) is 29.5 Å². The van der Waals surface area contributed by atoms with Gasteiger partial charge < -0.3 is 13.4 Å². The SMILES string of the molecule is Cc1cccc(-c2nnc(SCC(=O)N3N=C(c4ccco4)CC3c3ccco3)n2C)c1. The molecule has 0 saturated carbocycles. The third-order valence-corrected chi connectivity index (χ3v) is 6.28. The average Bonchev–Trinajstić information content (AvgIpc) is 3.59. The molecule has 4 aromatic rings. The summed E-state index contributed by atoms with van der Waals surface area (Å²) in [6.07, 6.45) is 3.73. The number of hydrogen-bond acceptors (Lipinski definition) is 7. The summed E-state index contributed by atoms with van der Waals surface area (Å²) < 4.78 is 13.0. The molecule has 162 valence electrons. The molecule has 0 saturated heterocycles. The van der Waals surface area contributed by atoms with Gasteiger partial charge in [0.25, 0.3) is 5.91 Å². The predicted molar refractivity (Wildman–Crippen MR) is 120 cm³/mol. The molecular formula is C23H21N5O3S. The molecule has 1 aliphatic rings. The molecule has 8 nitrogen and oxygen atoms in total. The summed E-state index contributed by atoms with van der Waals surface area (Å²) in [6, 6.07) is 15.1. The van der Waals surface area contributed by atoms with Gasteiger partial charge in [-0.1, -0.05) is 35.5 Å². The van der Waals surface area contributed by atoms with E-state index in [2.05, 4.69) is 21.4 Å². The zero-order valence-electron chi connectivity index (χ0n) is 17.6. The van der Waals surface area contributed by atoms with E-state index in [1.54, 1.807) is 18.6 Å². The highest BCUT2D eigenvalue weighted by Gasteiger charge is 2.35. The van der Waals surface area contributed by atoms with Crippen LogP contribution in [-0.2, 0) is 11.8 Å². The molecule has 0 spiro atoms. The minimum Gasteiger partial charge on any atom is -0.467 e. The lowest BCUT2D eigenvalue weighted by Crippen LogP contribution is -2.28. The summed E-state index contributed by atoms with van der Waals surface area (Å²) in [6.45, 7) is 2.04. The molecule has 3 aromatic heterocycles. The Labute approximate surface area is 188 Å². The maximum Gasteiger partial charge on any atom is 0.253 e. The Morgan fingerprint density at radius 3 is 2.72 bits per heavy atom. The number of nitrogens with zero attached hydrogens (tertiary/aromatic N) is 5. The summed E-state index contributed by atoms with van der Waals surface area (Å²) in [5.41, 5.74) is 2.86. The van der Waals surface area contributed by atoms with E-state index in [9.17, 15) is 4.79 Å². The molecule has 32 heavy (non-hydrogen) atoms. The second-order valence-electron chi connectivity index (χ2n) is 7.52. The van der Waals surface area contributed by atoms with Crippen LogP contribution in [0.2, 0.25) is 0 Å². The van der Waals surface area contributed by atoms with Crippen molar-refractivity contribution in [1.82, 2.24) is 19.8 Å². The van der Waals surface area contributed by atoms with Crippen LogP contribution in [0.15, 0.2) is 80.1 Å². The van der Waals surface area contributed by atoms with Crippen molar-refractivity contribution in [1.29, 1.82) is 0 Å². The van der Waals surface area contributed by atoms with Crippen LogP contribution >= 0.6 is 11.8 Å². The van der Waals surface area contributed by atoms with E-state index in [1.165, 1.54) is 16.8 Å². The van der Waals surface area contributed by atoms with Crippen molar-refractivity contribution in [3.8, 4) is 11.4 Å². The number of aryl methyl sites for hydroxylation is 1. The second-order valence-corrected chi connectivity index (χ2v) is 8.46. The van der Waals surface area contributed by atoms with Crippen LogP contribution in [0.3, 0.4) is 0 Å². The van der Waals surface area contributed by atoms with Crippen LogP contribution in [0, 0.1) is 6.92 Å². The Hall–Kier alpha value is -3.59. The van der Waals surface area contributed by atoms with Crippen molar-refractivity contribution >= 4 is 23.4 Å². The third kappa shape index (κ3) is 3.87. The number of hydrazone groups is 1. The van der Waals surface area contributed by atoms with E-state index < -0.39 is 0 Å². The first-order chi connectivity index (χ1) is 15.6. The largest absolute Gasteiger partial charge is 0.467 e. The summed E-state index contributed by atoms with van der Waals surface area (Å²) in [5.74, 6) is 2.13. The lowest BCUT2D eigenvalue weighted by molar-refractivity contribution is -0.130. The van der Waals surface area contributed by atoms with Crippen molar-refractivity contribution in [3.63, 3.8) is 0 Å². The predicted octanol–water partition coefficient (Wildman–Crippen LogP) is 4.45. The van der Waals surface area contributed by atoms with E-state index >= 15 is 0 Å². The number of rotatable bonds is 6. The van der Waals surface area contributed by atoms with Gasteiger partial charge in [0.2, 0.25) is 0 Å². The highest BCUT2D eigenvalue weighted by Crippen LogP contribution is 2.34. The zero-order valence-corrected chi connectivity index (χ0v) is 18.5. The van der Waals surface area contributed by atoms with Crippen molar-refractivity contribution < 1.29 is 13.6 Å². The van der Waals surface area contributed by atoms with Gasteiger partial charge in [0, 0.05) is 19.0 Å². The Morgan fingerprint density at radius 2 is 1.97 bits per heavy atom. The van der Waals surface area contributed by atoms with Crippen LogP contribution < -0.4 is 0 Å². The number of carbonyl (C=O) groups is 1. The van der Waals surface area contributed by atoms with Gasteiger partial charge in [0.05, 0.1) is 18.3 Å². The molecule has 0 fully saturated rings. The van der Waals surface area contributed by atoms with Gasteiger partial charge in [-0.3, -0.25) is 4.79 Å². The molecule has 0 radical (unpaired) electrons. The lowest BCUT2D eigenvalue weighted by Gasteiger charge is -2.19. The van der Waals surface area contributed by atoms with Crippen molar-refractivity contribution in [2.75, 3.05) is 5.75 Å². The molecule has 4 heterocycles. The Balaban J connectivity index is 1.34. The van der Waals surface area contributed by atoms with Gasteiger partial charge in [0.1, 0.15) is 23.3 Å². The minimum atomic E-state index is -0.305. The van der Waals surface area contributed by atoms with Crippen LogP contribution in [0.5, 0.6) is 0 Å². The second kappa shape index (κ2) is 8.51. The molecule has 0 bridgehead atoms. The van der Waals surface area contributed by atoms with E-state index in [0.717, 1.165) is 22.7 Å². The fourth-order valence-corrected chi connectivity index (χ4v) is 4.47. The Morgan fingerprint density at radius 1 is 1.12 bits per heavy atom. The zero-order chi connectivity index (χ0) is 22.1. The first kappa shape index (κ1) is 20.3. The molecule has 9 heteroatoms. The van der Waals surface area contributed by atoms with Gasteiger partial charge in [-0.05, 0) is 37.3 Å². The summed E-state index contributed by atoms with van der Waals surface area (Å²) in [4.78, 5) is 13.1. The van der Waals surface area contributed by atoms with Gasteiger partial charge in [-0.25, -0.2) is 5.01 Å². The van der Waals surface area contributed by atoms with E-state index in [1.807, 2.05) is 54.9 Å². The monoisotopic (exact) mass is 447 g/mol. The molecular weight excluding hydrogens is 426 g/mol. The molecule has 1 aliphatic heterocycles. The standard InChI is InChI=1S/C23H21N5O3S/c1-15-6-3-7-16(12-15)22-24-25-23(27(22)2)32-14-21(29)28-18(20-9-5-11-31-20)13-17(26-28)19-8-4-10-30-19/h3-12,18H,13-14H2,1-2H3. The Kier molecular flexibility index (Phi) is 5.40. The van der Waals surface area contributed by atoms with E-state index in [4.69, 9.17) is 8.83 Å². The number of aromatic nitrogens is 3. The average molecular weight is 448 g/mol. The lowest BCUT2D eigenvalue weighted by atomic mass is 10.1. The van der Waals surface area contributed by atoms with Crippen molar-refractivity contribution in [2.45, 2.75) is 24.5 Å². The number of benzene rings is 1. The minimum absolute atomic E-state index is 0.141. The Bertz CT molecular complexity index is 1260. The summed E-state index contributed by atoms with van der Waals surface area (Å²) in [5, 5.41) is 15.3. The number of carbonyl (C=O) groups excluding carboxylic acids is 1. The normalized spacial score (nSPS) is 15.9. The fourth-order valence-electron chi connectivity index (χ4n) is 3.70. The van der Waals surface area contributed by atoms with Gasteiger partial charge in [0.15, 0.2) is 11.0 Å². The maximum absolute atomic E-state index is 13.1. The quantitative estimate of drug-likeness (QED) is 0.406. The molecule has 1 amide bonds. The first-order valence-electron chi connectivity index (χ1n) is 10.2. The molecule has 1 atom stereocenters. The molecule has 1 unspecified atom stereocenters. The van der Waals surface area contributed by atoms with Gasteiger partial charge in [-0.2, -0.15) is 5.10 Å². The molecule has 5 rings (SSSR count). The smallest absolute Gasteiger partial charge is 0.253 e. The third-order valence-electron chi connectivity index (χ3n) is 5.28. The molecule has 1 aromatic carbocycles. The highest BCUT2D eigenvalue weighted by atomic mass is 32.2. The van der Waals surface area contributed by atoms with Crippen molar-refractivity contribution in [2.24, 2.45) is 12.1 Å². The van der Waals surface area contributed by atoms with Gasteiger partial charge >= 0.3 is 0 Å². The number of thioether (sulfide) groups is 1. The number of hydrogen-bond donors (Lipinski definition) is 0. The first-order valence-corrected chi connectivity index (χ1v) is 11.1. The number of furan rings is 2. The fraction of sp³-hybridized carbons (Fsp3) is 0.217. The molecule has 0 N–H and O–H groups in total. The number of amides is 1. The van der Waals surface area contributed by atoms with Crippen LogP contribution in [-0.4, -0.2) is 37.1 Å².